The molecule has 0 heterocycles. The molecule has 0 N–H and O–H groups in total. The summed E-state index contributed by atoms with van der Waals surface area (Å²) in [6.45, 7) is 6.11. The van der Waals surface area contributed by atoms with Gasteiger partial charge in [0.1, 0.15) is 0 Å². The Morgan fingerprint density at radius 2 is 1.10 bits per heavy atom. The summed E-state index contributed by atoms with van der Waals surface area (Å²) >= 11 is 0. The lowest BCUT2D eigenvalue weighted by molar-refractivity contribution is 0.611. The van der Waals surface area contributed by atoms with Crippen LogP contribution in [0.15, 0.2) is 36.5 Å². The fourth-order valence-electron chi connectivity index (χ4n) is 2.08. The molecule has 20 heavy (non-hydrogen) atoms. The molecule has 0 aliphatic rings. The van der Waals surface area contributed by atoms with Gasteiger partial charge < -0.3 is 0 Å². The van der Waals surface area contributed by atoms with E-state index in [0.29, 0.717) is 0 Å². The van der Waals surface area contributed by atoms with E-state index < -0.39 is 0 Å². The highest BCUT2D eigenvalue weighted by atomic mass is 13.9. The standard InChI is InChI=1S/C20H35/c1-3-5-7-9-11-13-15-17-19-20-18-16-14-12-10-8-6-4-2/h9,11,15,17-18,20H,1,3-8,10,12-14,16,19H2,2H3/b11-9-,17-15-,20-18-. The molecular weight excluding hydrogens is 240 g/mol. The molecule has 0 rings (SSSR count). The van der Waals surface area contributed by atoms with Crippen LogP contribution in [-0.2, 0) is 0 Å². The van der Waals surface area contributed by atoms with Gasteiger partial charge in [0.15, 0.2) is 0 Å². The average Bonchev–Trinajstić information content (AvgIpc) is 2.47. The van der Waals surface area contributed by atoms with Crippen molar-refractivity contribution >= 4 is 0 Å². The normalized spacial score (nSPS) is 12.3. The fourth-order valence-corrected chi connectivity index (χ4v) is 2.08. The third-order valence-electron chi connectivity index (χ3n) is 3.39. The van der Waals surface area contributed by atoms with Crippen molar-refractivity contribution in [1.82, 2.24) is 0 Å². The minimum absolute atomic E-state index is 1.05. The van der Waals surface area contributed by atoms with Crippen LogP contribution in [0.2, 0.25) is 0 Å². The molecule has 0 aromatic heterocycles. The maximum absolute atomic E-state index is 3.84. The number of hydrogen-bond acceptors (Lipinski definition) is 0. The fraction of sp³-hybridized carbons (Fsp3) is 0.650. The molecule has 0 spiro atoms. The SMILES string of the molecule is [CH2]CCC/C=C\C/C=C\C/C=C\CCCCCCCC. The third-order valence-corrected chi connectivity index (χ3v) is 3.39. The van der Waals surface area contributed by atoms with Crippen molar-refractivity contribution in [3.63, 3.8) is 0 Å². The first-order chi connectivity index (χ1) is 9.91. The van der Waals surface area contributed by atoms with Gasteiger partial charge >= 0.3 is 0 Å². The number of allylic oxidation sites excluding steroid dienone is 6. The van der Waals surface area contributed by atoms with Gasteiger partial charge in [-0.25, -0.2) is 0 Å². The first-order valence-electron chi connectivity index (χ1n) is 8.66. The molecule has 0 saturated carbocycles. The van der Waals surface area contributed by atoms with Gasteiger partial charge in [0, 0.05) is 0 Å². The van der Waals surface area contributed by atoms with Crippen LogP contribution in [0.25, 0.3) is 0 Å². The van der Waals surface area contributed by atoms with Gasteiger partial charge in [0.05, 0.1) is 0 Å². The molecule has 0 aliphatic heterocycles. The maximum atomic E-state index is 3.84. The van der Waals surface area contributed by atoms with Crippen LogP contribution in [0.3, 0.4) is 0 Å². The molecule has 0 aliphatic carbocycles. The summed E-state index contributed by atoms with van der Waals surface area (Å²) in [4.78, 5) is 0. The van der Waals surface area contributed by atoms with Crippen molar-refractivity contribution in [3.05, 3.63) is 43.4 Å². The first-order valence-corrected chi connectivity index (χ1v) is 8.66. The van der Waals surface area contributed by atoms with Crippen LogP contribution >= 0.6 is 0 Å². The lowest BCUT2D eigenvalue weighted by atomic mass is 10.1. The van der Waals surface area contributed by atoms with Crippen LogP contribution in [0.5, 0.6) is 0 Å². The van der Waals surface area contributed by atoms with Gasteiger partial charge in [0.2, 0.25) is 0 Å². The van der Waals surface area contributed by atoms with Gasteiger partial charge in [-0.05, 0) is 38.5 Å². The molecule has 0 amide bonds. The second-order valence-corrected chi connectivity index (χ2v) is 5.44. The van der Waals surface area contributed by atoms with Crippen molar-refractivity contribution in [1.29, 1.82) is 0 Å². The lowest BCUT2D eigenvalue weighted by Gasteiger charge is -1.97. The zero-order valence-corrected chi connectivity index (χ0v) is 13.7. The van der Waals surface area contributed by atoms with E-state index in [0.717, 1.165) is 19.3 Å². The average molecular weight is 275 g/mol. The van der Waals surface area contributed by atoms with E-state index in [1.54, 1.807) is 0 Å². The summed E-state index contributed by atoms with van der Waals surface area (Å²) in [5, 5.41) is 0. The van der Waals surface area contributed by atoms with Crippen molar-refractivity contribution in [2.75, 3.05) is 0 Å². The van der Waals surface area contributed by atoms with E-state index in [1.807, 2.05) is 0 Å². The highest BCUT2D eigenvalue weighted by molar-refractivity contribution is 4.97. The van der Waals surface area contributed by atoms with Crippen molar-refractivity contribution < 1.29 is 0 Å². The van der Waals surface area contributed by atoms with Crippen LogP contribution in [-0.4, -0.2) is 0 Å². The van der Waals surface area contributed by atoms with Crippen molar-refractivity contribution in [2.24, 2.45) is 0 Å². The predicted molar refractivity (Wildman–Crippen MR) is 93.9 cm³/mol. The minimum Gasteiger partial charge on any atom is -0.0882 e. The van der Waals surface area contributed by atoms with Gasteiger partial charge in [-0.1, -0.05) is 88.8 Å². The minimum atomic E-state index is 1.05. The third kappa shape index (κ3) is 17.2. The lowest BCUT2D eigenvalue weighted by Crippen LogP contribution is -1.77. The molecule has 0 unspecified atom stereocenters. The molecule has 0 atom stereocenters. The molecule has 1 radical (unpaired) electrons. The molecule has 0 aromatic carbocycles. The zero-order valence-electron chi connectivity index (χ0n) is 13.7. The number of hydrogen-bond donors (Lipinski definition) is 0. The Kier molecular flexibility index (Phi) is 17.5. The second-order valence-electron chi connectivity index (χ2n) is 5.44. The summed E-state index contributed by atoms with van der Waals surface area (Å²) in [7, 11) is 0. The molecule has 0 saturated heterocycles. The Morgan fingerprint density at radius 3 is 1.70 bits per heavy atom. The summed E-state index contributed by atoms with van der Waals surface area (Å²) in [6.07, 6.45) is 28.9. The Balaban J connectivity index is 3.24. The van der Waals surface area contributed by atoms with Gasteiger partial charge in [0.25, 0.3) is 0 Å². The van der Waals surface area contributed by atoms with Gasteiger partial charge in [-0.2, -0.15) is 0 Å². The van der Waals surface area contributed by atoms with Crippen LogP contribution in [0, 0.1) is 6.92 Å². The largest absolute Gasteiger partial charge is 0.0882 e. The van der Waals surface area contributed by atoms with E-state index in [1.165, 1.54) is 57.8 Å². The monoisotopic (exact) mass is 275 g/mol. The molecule has 0 aromatic rings. The van der Waals surface area contributed by atoms with Gasteiger partial charge in [-0.15, -0.1) is 0 Å². The molecule has 0 heteroatoms. The number of rotatable bonds is 14. The molecule has 0 fully saturated rings. The summed E-state index contributed by atoms with van der Waals surface area (Å²) in [5.74, 6) is 0. The Labute approximate surface area is 128 Å². The van der Waals surface area contributed by atoms with E-state index in [-0.39, 0.29) is 0 Å². The molecule has 0 bridgehead atoms. The summed E-state index contributed by atoms with van der Waals surface area (Å²) in [5.41, 5.74) is 0. The van der Waals surface area contributed by atoms with E-state index in [9.17, 15) is 0 Å². The first kappa shape index (κ1) is 19.2. The molecule has 115 valence electrons. The zero-order chi connectivity index (χ0) is 14.7. The summed E-state index contributed by atoms with van der Waals surface area (Å²) in [6, 6.07) is 0. The van der Waals surface area contributed by atoms with Gasteiger partial charge in [-0.3, -0.25) is 0 Å². The van der Waals surface area contributed by atoms with E-state index >= 15 is 0 Å². The highest BCUT2D eigenvalue weighted by Crippen LogP contribution is 2.07. The van der Waals surface area contributed by atoms with Crippen LogP contribution < -0.4 is 0 Å². The Bertz CT molecular complexity index is 245. The smallest absolute Gasteiger partial charge is 0.0169 e. The molecule has 0 nitrogen and oxygen atoms in total. The van der Waals surface area contributed by atoms with Crippen molar-refractivity contribution in [2.45, 2.75) is 84.0 Å². The Morgan fingerprint density at radius 1 is 0.600 bits per heavy atom. The highest BCUT2D eigenvalue weighted by Gasteiger charge is 1.87. The molecular formula is C20H35. The second kappa shape index (κ2) is 18.2. The maximum Gasteiger partial charge on any atom is -0.0169 e. The quantitative estimate of drug-likeness (QED) is 0.232. The topological polar surface area (TPSA) is 0 Å². The Hall–Kier alpha value is -0.780. The summed E-state index contributed by atoms with van der Waals surface area (Å²) < 4.78 is 0. The van der Waals surface area contributed by atoms with E-state index in [4.69, 9.17) is 0 Å². The van der Waals surface area contributed by atoms with Crippen LogP contribution in [0.4, 0.5) is 0 Å². The number of unbranched alkanes of at least 4 members (excludes halogenated alkanes) is 8. The predicted octanol–water partition coefficient (Wildman–Crippen LogP) is 7.19. The van der Waals surface area contributed by atoms with E-state index in [2.05, 4.69) is 50.3 Å². The van der Waals surface area contributed by atoms with Crippen molar-refractivity contribution in [3.8, 4) is 0 Å². The van der Waals surface area contributed by atoms with Crippen LogP contribution in [0.1, 0.15) is 84.0 Å².